The molecule has 0 aliphatic carbocycles. The minimum atomic E-state index is 0. The second kappa shape index (κ2) is 11.5. The lowest BCUT2D eigenvalue weighted by Gasteiger charge is -2.12. The highest BCUT2D eigenvalue weighted by molar-refractivity contribution is 14.0. The van der Waals surface area contributed by atoms with Crippen molar-refractivity contribution in [3.63, 3.8) is 0 Å². The van der Waals surface area contributed by atoms with Gasteiger partial charge in [0.15, 0.2) is 17.5 Å². The van der Waals surface area contributed by atoms with Gasteiger partial charge in [0.1, 0.15) is 5.82 Å². The quantitative estimate of drug-likeness (QED) is 0.232. The van der Waals surface area contributed by atoms with Gasteiger partial charge >= 0.3 is 0 Å². The molecule has 1 aromatic heterocycles. The Bertz CT molecular complexity index is 727. The van der Waals surface area contributed by atoms with E-state index in [1.807, 2.05) is 36.4 Å². The number of halogens is 1. The lowest BCUT2D eigenvalue weighted by atomic mass is 10.2. The maximum atomic E-state index is 5.40. The van der Waals surface area contributed by atoms with E-state index in [9.17, 15) is 0 Å². The number of anilines is 1. The number of ether oxygens (including phenoxy) is 2. The van der Waals surface area contributed by atoms with E-state index in [0.29, 0.717) is 13.3 Å². The number of guanidine groups is 1. The number of aromatic nitrogens is 1. The predicted octanol–water partition coefficient (Wildman–Crippen LogP) is 2.99. The van der Waals surface area contributed by atoms with E-state index >= 15 is 0 Å². The molecule has 8 heteroatoms. The fraction of sp³-hybridized carbons (Fsp3) is 0.368. The van der Waals surface area contributed by atoms with Crippen LogP contribution in [0.1, 0.15) is 18.4 Å². The van der Waals surface area contributed by atoms with Gasteiger partial charge in [-0.05, 0) is 42.7 Å². The number of unbranched alkanes of at least 4 members (excludes halogenated alkanes) is 1. The highest BCUT2D eigenvalue weighted by atomic mass is 127. The lowest BCUT2D eigenvalue weighted by molar-refractivity contribution is 0.174. The van der Waals surface area contributed by atoms with Crippen LogP contribution >= 0.6 is 24.0 Å². The van der Waals surface area contributed by atoms with Gasteiger partial charge < -0.3 is 25.4 Å². The molecule has 27 heavy (non-hydrogen) atoms. The molecule has 0 atom stereocenters. The van der Waals surface area contributed by atoms with Crippen LogP contribution in [-0.2, 0) is 6.54 Å². The van der Waals surface area contributed by atoms with E-state index in [0.717, 1.165) is 54.8 Å². The van der Waals surface area contributed by atoms with Crippen molar-refractivity contribution in [1.29, 1.82) is 0 Å². The van der Waals surface area contributed by atoms with Crippen molar-refractivity contribution in [3.05, 3.63) is 48.2 Å². The summed E-state index contributed by atoms with van der Waals surface area (Å²) in [4.78, 5) is 8.49. The van der Waals surface area contributed by atoms with Crippen LogP contribution in [0.3, 0.4) is 0 Å². The minimum absolute atomic E-state index is 0. The van der Waals surface area contributed by atoms with Gasteiger partial charge in [0.25, 0.3) is 0 Å². The number of fused-ring (bicyclic) bond motifs is 1. The fourth-order valence-corrected chi connectivity index (χ4v) is 2.60. The summed E-state index contributed by atoms with van der Waals surface area (Å²) in [6.07, 6.45) is 3.90. The zero-order valence-electron chi connectivity index (χ0n) is 15.4. The van der Waals surface area contributed by atoms with Crippen LogP contribution in [-0.4, -0.2) is 37.9 Å². The summed E-state index contributed by atoms with van der Waals surface area (Å²) in [5.41, 5.74) is 1.12. The Morgan fingerprint density at radius 3 is 2.74 bits per heavy atom. The average Bonchev–Trinajstić information content (AvgIpc) is 3.15. The molecule has 0 bridgehead atoms. The van der Waals surface area contributed by atoms with E-state index in [2.05, 4.69) is 25.9 Å². The Labute approximate surface area is 177 Å². The Kier molecular flexibility index (Phi) is 8.96. The smallest absolute Gasteiger partial charge is 0.231 e. The molecule has 3 N–H and O–H groups in total. The number of pyridine rings is 1. The molecular weight excluding hydrogens is 457 g/mol. The van der Waals surface area contributed by atoms with Crippen molar-refractivity contribution in [2.24, 2.45) is 4.99 Å². The lowest BCUT2D eigenvalue weighted by Crippen LogP contribution is -2.37. The maximum absolute atomic E-state index is 5.40. The van der Waals surface area contributed by atoms with Crippen molar-refractivity contribution in [2.45, 2.75) is 19.4 Å². The van der Waals surface area contributed by atoms with E-state index in [1.165, 1.54) is 0 Å². The Morgan fingerprint density at radius 1 is 1.07 bits per heavy atom. The largest absolute Gasteiger partial charge is 0.454 e. The molecule has 1 aliphatic heterocycles. The first-order valence-corrected chi connectivity index (χ1v) is 8.83. The third-order valence-corrected chi connectivity index (χ3v) is 3.99. The third-order valence-electron chi connectivity index (χ3n) is 3.99. The molecular formula is C19H26IN5O2. The standard InChI is InChI=1S/C19H25N5O2.HI/c1-20-19(23-11-5-4-10-22-18-6-2-3-9-21-18)24-13-15-7-8-16-17(12-15)26-14-25-16;/h2-3,6-9,12H,4-5,10-11,13-14H2,1H3,(H,21,22)(H2,20,23,24);1H. The Hall–Kier alpha value is -2.23. The molecule has 0 radical (unpaired) electrons. The van der Waals surface area contributed by atoms with Crippen molar-refractivity contribution in [1.82, 2.24) is 15.6 Å². The van der Waals surface area contributed by atoms with Crippen molar-refractivity contribution in [3.8, 4) is 11.5 Å². The summed E-state index contributed by atoms with van der Waals surface area (Å²) in [6.45, 7) is 2.74. The first kappa shape index (κ1) is 21.1. The first-order valence-electron chi connectivity index (χ1n) is 8.83. The second-order valence-corrected chi connectivity index (χ2v) is 5.89. The molecule has 0 saturated carbocycles. The predicted molar refractivity (Wildman–Crippen MR) is 118 cm³/mol. The van der Waals surface area contributed by atoms with Crippen molar-refractivity contribution < 1.29 is 9.47 Å². The topological polar surface area (TPSA) is 79.8 Å². The molecule has 1 aliphatic rings. The van der Waals surface area contributed by atoms with Crippen LogP contribution in [0.15, 0.2) is 47.6 Å². The zero-order chi connectivity index (χ0) is 18.0. The third kappa shape index (κ3) is 6.78. The van der Waals surface area contributed by atoms with Crippen molar-refractivity contribution >= 4 is 35.8 Å². The van der Waals surface area contributed by atoms with Gasteiger partial charge in [0.05, 0.1) is 0 Å². The molecule has 3 rings (SSSR count). The maximum Gasteiger partial charge on any atom is 0.231 e. The monoisotopic (exact) mass is 483 g/mol. The summed E-state index contributed by atoms with van der Waals surface area (Å²) in [6, 6.07) is 11.8. The van der Waals surface area contributed by atoms with Crippen LogP contribution in [0.4, 0.5) is 5.82 Å². The van der Waals surface area contributed by atoms with Crippen molar-refractivity contribution in [2.75, 3.05) is 32.2 Å². The molecule has 0 saturated heterocycles. The highest BCUT2D eigenvalue weighted by Gasteiger charge is 2.13. The van der Waals surface area contributed by atoms with Crippen LogP contribution in [0.5, 0.6) is 11.5 Å². The summed E-state index contributed by atoms with van der Waals surface area (Å²) < 4.78 is 10.7. The number of aliphatic imine (C=N–C) groups is 1. The molecule has 0 fully saturated rings. The second-order valence-electron chi connectivity index (χ2n) is 5.89. The molecule has 0 unspecified atom stereocenters. The molecule has 0 amide bonds. The SMILES string of the molecule is CN=C(NCCCCNc1ccccn1)NCc1ccc2c(c1)OCO2.I. The zero-order valence-corrected chi connectivity index (χ0v) is 17.7. The summed E-state index contributed by atoms with van der Waals surface area (Å²) in [5, 5.41) is 9.95. The number of nitrogens with zero attached hydrogens (tertiary/aromatic N) is 2. The molecule has 7 nitrogen and oxygen atoms in total. The summed E-state index contributed by atoms with van der Waals surface area (Å²) in [7, 11) is 1.78. The van der Waals surface area contributed by atoms with E-state index in [-0.39, 0.29) is 24.0 Å². The van der Waals surface area contributed by atoms with Gasteiger partial charge in [-0.1, -0.05) is 12.1 Å². The Morgan fingerprint density at radius 2 is 1.93 bits per heavy atom. The number of benzene rings is 1. The Balaban J connectivity index is 0.00000261. The minimum Gasteiger partial charge on any atom is -0.454 e. The van der Waals surface area contributed by atoms with E-state index in [4.69, 9.17) is 9.47 Å². The summed E-state index contributed by atoms with van der Waals surface area (Å²) >= 11 is 0. The molecule has 146 valence electrons. The number of rotatable bonds is 8. The van der Waals surface area contributed by atoms with Gasteiger partial charge in [-0.25, -0.2) is 4.98 Å². The number of hydrogen-bond acceptors (Lipinski definition) is 5. The molecule has 0 spiro atoms. The highest BCUT2D eigenvalue weighted by Crippen LogP contribution is 2.32. The van der Waals surface area contributed by atoms with E-state index in [1.54, 1.807) is 13.2 Å². The fourth-order valence-electron chi connectivity index (χ4n) is 2.60. The van der Waals surface area contributed by atoms with Crippen LogP contribution in [0.2, 0.25) is 0 Å². The van der Waals surface area contributed by atoms with Gasteiger partial charge in [-0.3, -0.25) is 4.99 Å². The van der Waals surface area contributed by atoms with Gasteiger partial charge in [0, 0.05) is 32.9 Å². The van der Waals surface area contributed by atoms with Crippen LogP contribution in [0.25, 0.3) is 0 Å². The number of hydrogen-bond donors (Lipinski definition) is 3. The van der Waals surface area contributed by atoms with Gasteiger partial charge in [-0.2, -0.15) is 0 Å². The number of nitrogens with one attached hydrogen (secondary N) is 3. The normalized spacial score (nSPS) is 12.3. The van der Waals surface area contributed by atoms with E-state index < -0.39 is 0 Å². The van der Waals surface area contributed by atoms with Gasteiger partial charge in [0.2, 0.25) is 6.79 Å². The first-order chi connectivity index (χ1) is 12.8. The average molecular weight is 483 g/mol. The van der Waals surface area contributed by atoms with Crippen LogP contribution in [0, 0.1) is 0 Å². The summed E-state index contributed by atoms with van der Waals surface area (Å²) in [5.74, 6) is 3.31. The van der Waals surface area contributed by atoms with Crippen LogP contribution < -0.4 is 25.4 Å². The molecule has 1 aromatic carbocycles. The molecule has 2 aromatic rings. The van der Waals surface area contributed by atoms with Gasteiger partial charge in [-0.15, -0.1) is 24.0 Å². The molecule has 2 heterocycles.